The van der Waals surface area contributed by atoms with Gasteiger partial charge in [0.1, 0.15) is 6.54 Å². The Hall–Kier alpha value is -1.68. The van der Waals surface area contributed by atoms with Crippen LogP contribution in [-0.2, 0) is 10.0 Å². The number of pyridine rings is 1. The van der Waals surface area contributed by atoms with Crippen molar-refractivity contribution in [2.45, 2.75) is 18.1 Å². The molecule has 1 N–H and O–H groups in total. The minimum atomic E-state index is -4.68. The molecule has 0 fully saturated rings. The maximum atomic E-state index is 12.3. The zero-order valence-corrected chi connectivity index (χ0v) is 11.1. The lowest BCUT2D eigenvalue weighted by atomic mass is 10.3. The third-order valence-electron chi connectivity index (χ3n) is 2.30. The molecule has 10 heteroatoms. The highest BCUT2D eigenvalue weighted by Crippen LogP contribution is 2.21. The van der Waals surface area contributed by atoms with E-state index in [1.165, 1.54) is 6.92 Å². The van der Waals surface area contributed by atoms with E-state index in [1.807, 2.05) is 0 Å². The fourth-order valence-electron chi connectivity index (χ4n) is 1.36. The van der Waals surface area contributed by atoms with Crippen molar-refractivity contribution in [1.82, 2.24) is 9.29 Å². The Kier molecular flexibility index (Phi) is 4.71. The second kappa shape index (κ2) is 5.75. The molecule has 1 aromatic heterocycles. The molecule has 0 aliphatic heterocycles. The van der Waals surface area contributed by atoms with Gasteiger partial charge in [0.2, 0.25) is 0 Å². The second-order valence-corrected chi connectivity index (χ2v) is 5.62. The van der Waals surface area contributed by atoms with Gasteiger partial charge < -0.3 is 5.11 Å². The Morgan fingerprint density at radius 3 is 2.35 bits per heavy atom. The summed E-state index contributed by atoms with van der Waals surface area (Å²) >= 11 is 0. The number of nitrogens with zero attached hydrogens (tertiary/aromatic N) is 2. The van der Waals surface area contributed by atoms with E-state index in [1.54, 1.807) is 0 Å². The van der Waals surface area contributed by atoms with Gasteiger partial charge in [0.05, 0.1) is 5.56 Å². The Bertz CT molecular complexity index is 584. The van der Waals surface area contributed by atoms with E-state index in [2.05, 4.69) is 4.98 Å². The van der Waals surface area contributed by atoms with Crippen LogP contribution in [0, 0.1) is 0 Å². The normalized spacial score (nSPS) is 12.7. The number of alkyl halides is 3. The van der Waals surface area contributed by atoms with Gasteiger partial charge in [-0.3, -0.25) is 0 Å². The molecule has 0 aromatic carbocycles. The molecule has 0 aliphatic carbocycles. The highest BCUT2D eigenvalue weighted by molar-refractivity contribution is 7.89. The number of hydrogen-bond donors (Lipinski definition) is 1. The van der Waals surface area contributed by atoms with E-state index in [9.17, 15) is 26.4 Å². The lowest BCUT2D eigenvalue weighted by molar-refractivity contribution is -0.135. The molecule has 0 saturated heterocycles. The SMILES string of the molecule is CCN(CC(F)(F)F)S(=O)(=O)c1ccc(C(=O)O)cn1. The van der Waals surface area contributed by atoms with E-state index in [0.717, 1.165) is 18.3 Å². The summed E-state index contributed by atoms with van der Waals surface area (Å²) in [6.07, 6.45) is -3.90. The maximum absolute atomic E-state index is 12.3. The smallest absolute Gasteiger partial charge is 0.402 e. The summed E-state index contributed by atoms with van der Waals surface area (Å²) in [5, 5.41) is 8.01. The lowest BCUT2D eigenvalue weighted by Gasteiger charge is -2.21. The second-order valence-electron chi connectivity index (χ2n) is 3.74. The summed E-state index contributed by atoms with van der Waals surface area (Å²) in [6.45, 7) is -0.757. The van der Waals surface area contributed by atoms with Crippen LogP contribution in [0.4, 0.5) is 13.2 Å². The van der Waals surface area contributed by atoms with E-state index >= 15 is 0 Å². The third-order valence-corrected chi connectivity index (χ3v) is 4.13. The summed E-state index contributed by atoms with van der Waals surface area (Å²) in [4.78, 5) is 14.0. The van der Waals surface area contributed by atoms with Crippen LogP contribution in [-0.4, -0.2) is 48.0 Å². The molecule has 0 aliphatic rings. The van der Waals surface area contributed by atoms with E-state index in [0.29, 0.717) is 0 Å². The summed E-state index contributed by atoms with van der Waals surface area (Å²) < 4.78 is 61.0. The molecule has 0 saturated carbocycles. The number of aromatic nitrogens is 1. The lowest BCUT2D eigenvalue weighted by Crippen LogP contribution is -2.39. The first kappa shape index (κ1) is 16.4. The Morgan fingerprint density at radius 2 is 2.00 bits per heavy atom. The Morgan fingerprint density at radius 1 is 1.40 bits per heavy atom. The van der Waals surface area contributed by atoms with Crippen molar-refractivity contribution >= 4 is 16.0 Å². The van der Waals surface area contributed by atoms with Crippen molar-refractivity contribution in [3.8, 4) is 0 Å². The first-order valence-electron chi connectivity index (χ1n) is 5.34. The molecule has 0 radical (unpaired) electrons. The maximum Gasteiger partial charge on any atom is 0.402 e. The summed E-state index contributed by atoms with van der Waals surface area (Å²) in [5.41, 5.74) is -0.261. The average molecular weight is 312 g/mol. The number of rotatable bonds is 5. The number of carbonyl (C=O) groups is 1. The highest BCUT2D eigenvalue weighted by Gasteiger charge is 2.36. The van der Waals surface area contributed by atoms with Crippen molar-refractivity contribution in [1.29, 1.82) is 0 Å². The largest absolute Gasteiger partial charge is 0.478 e. The van der Waals surface area contributed by atoms with Crippen LogP contribution in [0.5, 0.6) is 0 Å². The fourth-order valence-corrected chi connectivity index (χ4v) is 2.71. The van der Waals surface area contributed by atoms with Gasteiger partial charge in [-0.05, 0) is 12.1 Å². The van der Waals surface area contributed by atoms with Gasteiger partial charge in [-0.15, -0.1) is 0 Å². The number of carboxylic acid groups (broad SMARTS) is 1. The van der Waals surface area contributed by atoms with E-state index in [-0.39, 0.29) is 16.4 Å². The van der Waals surface area contributed by atoms with Crippen LogP contribution in [0.1, 0.15) is 17.3 Å². The molecule has 0 spiro atoms. The van der Waals surface area contributed by atoms with Gasteiger partial charge in [0.15, 0.2) is 5.03 Å². The summed E-state index contributed by atoms with van der Waals surface area (Å²) in [7, 11) is -4.42. The van der Waals surface area contributed by atoms with E-state index in [4.69, 9.17) is 5.11 Å². The van der Waals surface area contributed by atoms with Crippen molar-refractivity contribution in [2.75, 3.05) is 13.1 Å². The number of sulfonamides is 1. The van der Waals surface area contributed by atoms with Crippen LogP contribution < -0.4 is 0 Å². The van der Waals surface area contributed by atoms with Crippen LogP contribution in [0.25, 0.3) is 0 Å². The van der Waals surface area contributed by atoms with Crippen LogP contribution in [0.3, 0.4) is 0 Å². The molecular formula is C10H11F3N2O4S. The first-order valence-corrected chi connectivity index (χ1v) is 6.78. The van der Waals surface area contributed by atoms with Crippen molar-refractivity contribution in [3.63, 3.8) is 0 Å². The molecule has 20 heavy (non-hydrogen) atoms. The van der Waals surface area contributed by atoms with Crippen molar-refractivity contribution < 1.29 is 31.5 Å². The predicted octanol–water partition coefficient (Wildman–Crippen LogP) is 1.35. The summed E-state index contributed by atoms with van der Waals surface area (Å²) in [6, 6.07) is 1.82. The number of hydrogen-bond acceptors (Lipinski definition) is 4. The van der Waals surface area contributed by atoms with Gasteiger partial charge in [0.25, 0.3) is 10.0 Å². The Balaban J connectivity index is 3.11. The minimum absolute atomic E-state index is 0.218. The zero-order chi connectivity index (χ0) is 15.6. The van der Waals surface area contributed by atoms with Gasteiger partial charge in [-0.25, -0.2) is 18.2 Å². The standard InChI is InChI=1S/C10H11F3N2O4S/c1-2-15(6-10(11,12)13)20(18,19)8-4-3-7(5-14-8)9(16)17/h3-5H,2,6H2,1H3,(H,16,17). The number of aromatic carboxylic acids is 1. The van der Waals surface area contributed by atoms with Crippen molar-refractivity contribution in [3.05, 3.63) is 23.9 Å². The third kappa shape index (κ3) is 3.90. The van der Waals surface area contributed by atoms with Crippen LogP contribution in [0.2, 0.25) is 0 Å². The molecular weight excluding hydrogens is 301 g/mol. The van der Waals surface area contributed by atoms with Gasteiger partial charge in [-0.1, -0.05) is 6.92 Å². The van der Waals surface area contributed by atoms with Crippen molar-refractivity contribution in [2.24, 2.45) is 0 Å². The minimum Gasteiger partial charge on any atom is -0.478 e. The summed E-state index contributed by atoms with van der Waals surface area (Å²) in [5.74, 6) is -1.32. The zero-order valence-electron chi connectivity index (χ0n) is 10.3. The topological polar surface area (TPSA) is 87.6 Å². The molecule has 1 heterocycles. The molecule has 1 rings (SSSR count). The predicted molar refractivity (Wildman–Crippen MR) is 61.7 cm³/mol. The monoisotopic (exact) mass is 312 g/mol. The van der Waals surface area contributed by atoms with Gasteiger partial charge >= 0.3 is 12.1 Å². The van der Waals surface area contributed by atoms with Crippen LogP contribution in [0.15, 0.2) is 23.4 Å². The molecule has 1 aromatic rings. The van der Waals surface area contributed by atoms with Gasteiger partial charge in [-0.2, -0.15) is 17.5 Å². The molecule has 0 amide bonds. The molecule has 0 unspecified atom stereocenters. The molecule has 112 valence electrons. The average Bonchev–Trinajstić information content (AvgIpc) is 2.34. The van der Waals surface area contributed by atoms with Gasteiger partial charge in [0, 0.05) is 12.7 Å². The quantitative estimate of drug-likeness (QED) is 0.887. The number of halogens is 3. The Labute approximate surface area is 112 Å². The fraction of sp³-hybridized carbons (Fsp3) is 0.400. The molecule has 0 bridgehead atoms. The molecule has 6 nitrogen and oxygen atoms in total. The van der Waals surface area contributed by atoms with Crippen LogP contribution >= 0.6 is 0 Å². The number of carboxylic acids is 1. The van der Waals surface area contributed by atoms with E-state index < -0.39 is 33.7 Å². The molecule has 0 atom stereocenters. The highest BCUT2D eigenvalue weighted by atomic mass is 32.2. The first-order chi connectivity index (χ1) is 9.08.